The maximum atomic E-state index is 13.5. The molecule has 0 saturated heterocycles. The Morgan fingerprint density at radius 2 is 1.74 bits per heavy atom. The van der Waals surface area contributed by atoms with Crippen LogP contribution >= 0.6 is 11.3 Å². The Balaban J connectivity index is 1.77. The summed E-state index contributed by atoms with van der Waals surface area (Å²) in [6, 6.07) is 13.8. The smallest absolute Gasteiger partial charge is 0.254 e. The van der Waals surface area contributed by atoms with Crippen molar-refractivity contribution in [3.8, 4) is 11.5 Å². The quantitative estimate of drug-likeness (QED) is 0.580. The summed E-state index contributed by atoms with van der Waals surface area (Å²) in [4.78, 5) is 16.6. The van der Waals surface area contributed by atoms with Gasteiger partial charge in [0.25, 0.3) is 5.91 Å². The minimum absolute atomic E-state index is 0.140. The molecule has 1 aromatic heterocycles. The Labute approximate surface area is 186 Å². The first-order valence-corrected chi connectivity index (χ1v) is 12.5. The van der Waals surface area contributed by atoms with Gasteiger partial charge in [0.05, 0.1) is 25.2 Å². The van der Waals surface area contributed by atoms with Crippen molar-refractivity contribution in [3.05, 3.63) is 75.5 Å². The maximum absolute atomic E-state index is 13.5. The first kappa shape index (κ1) is 21.4. The summed E-state index contributed by atoms with van der Waals surface area (Å²) >= 11 is 1.59. The van der Waals surface area contributed by atoms with Crippen molar-refractivity contribution in [2.45, 2.75) is 17.4 Å². The van der Waals surface area contributed by atoms with Gasteiger partial charge in [-0.05, 0) is 65.4 Å². The van der Waals surface area contributed by atoms with Crippen molar-refractivity contribution in [2.24, 2.45) is 0 Å². The molecule has 0 radical (unpaired) electrons. The number of carbonyl (C=O) groups is 1. The highest BCUT2D eigenvalue weighted by molar-refractivity contribution is 7.90. The number of thiophene rings is 1. The molecule has 0 spiro atoms. The first-order valence-electron chi connectivity index (χ1n) is 9.72. The minimum atomic E-state index is -3.32. The Morgan fingerprint density at radius 3 is 2.32 bits per heavy atom. The van der Waals surface area contributed by atoms with E-state index in [2.05, 4.69) is 0 Å². The number of rotatable bonds is 5. The van der Waals surface area contributed by atoms with Gasteiger partial charge >= 0.3 is 0 Å². The van der Waals surface area contributed by atoms with E-state index >= 15 is 0 Å². The molecule has 6 nitrogen and oxygen atoms in total. The number of hydrogen-bond acceptors (Lipinski definition) is 6. The van der Waals surface area contributed by atoms with Crippen LogP contribution in [0.3, 0.4) is 0 Å². The second-order valence-corrected chi connectivity index (χ2v) is 10.4. The molecule has 0 N–H and O–H groups in total. The van der Waals surface area contributed by atoms with Gasteiger partial charge in [0.1, 0.15) is 0 Å². The summed E-state index contributed by atoms with van der Waals surface area (Å²) < 4.78 is 34.5. The number of ether oxygens (including phenoxy) is 2. The highest BCUT2D eigenvalue weighted by Gasteiger charge is 2.34. The zero-order valence-corrected chi connectivity index (χ0v) is 19.1. The van der Waals surface area contributed by atoms with Crippen molar-refractivity contribution >= 4 is 27.1 Å². The molecule has 4 rings (SSSR count). The molecular weight excluding hydrogens is 434 g/mol. The van der Waals surface area contributed by atoms with Gasteiger partial charge < -0.3 is 14.4 Å². The van der Waals surface area contributed by atoms with Gasteiger partial charge in [-0.25, -0.2) is 8.42 Å². The van der Waals surface area contributed by atoms with Crippen LogP contribution in [-0.2, 0) is 16.3 Å². The highest BCUT2D eigenvalue weighted by Crippen LogP contribution is 2.42. The van der Waals surface area contributed by atoms with E-state index in [0.717, 1.165) is 22.3 Å². The molecular formula is C23H23NO5S2. The van der Waals surface area contributed by atoms with Crippen LogP contribution in [0.25, 0.3) is 0 Å². The average molecular weight is 458 g/mol. The number of nitrogens with zero attached hydrogens (tertiary/aromatic N) is 1. The summed E-state index contributed by atoms with van der Waals surface area (Å²) in [6.45, 7) is 0.539. The van der Waals surface area contributed by atoms with E-state index < -0.39 is 9.84 Å². The Morgan fingerprint density at radius 1 is 1.06 bits per heavy atom. The third-order valence-electron chi connectivity index (χ3n) is 5.48. The summed E-state index contributed by atoms with van der Waals surface area (Å²) in [7, 11) is -0.112. The predicted molar refractivity (Wildman–Crippen MR) is 120 cm³/mol. The molecule has 1 aliphatic rings. The second-order valence-electron chi connectivity index (χ2n) is 7.37. The van der Waals surface area contributed by atoms with Crippen molar-refractivity contribution in [1.29, 1.82) is 0 Å². The van der Waals surface area contributed by atoms with Crippen LogP contribution in [-0.4, -0.2) is 46.2 Å². The molecule has 1 amide bonds. The van der Waals surface area contributed by atoms with Crippen molar-refractivity contribution < 1.29 is 22.7 Å². The van der Waals surface area contributed by atoms with Gasteiger partial charge in [0, 0.05) is 23.2 Å². The molecule has 0 fully saturated rings. The minimum Gasteiger partial charge on any atom is -0.493 e. The van der Waals surface area contributed by atoms with Crippen LogP contribution in [0.1, 0.15) is 32.4 Å². The average Bonchev–Trinajstić information content (AvgIpc) is 3.30. The number of carbonyl (C=O) groups excluding carboxylic acids is 1. The number of fused-ring (bicyclic) bond motifs is 1. The molecule has 0 unspecified atom stereocenters. The fourth-order valence-corrected chi connectivity index (χ4v) is 5.41. The van der Waals surface area contributed by atoms with E-state index in [9.17, 15) is 13.2 Å². The molecule has 2 heterocycles. The fourth-order valence-electron chi connectivity index (χ4n) is 3.93. The Kier molecular flexibility index (Phi) is 5.77. The number of amides is 1. The highest BCUT2D eigenvalue weighted by atomic mass is 32.2. The number of hydrogen-bond donors (Lipinski definition) is 0. The maximum Gasteiger partial charge on any atom is 0.254 e. The van der Waals surface area contributed by atoms with Gasteiger partial charge in [-0.3, -0.25) is 4.79 Å². The van der Waals surface area contributed by atoms with Gasteiger partial charge in [-0.15, -0.1) is 11.3 Å². The number of benzene rings is 2. The summed E-state index contributed by atoms with van der Waals surface area (Å²) in [6.07, 6.45) is 1.84. The van der Waals surface area contributed by atoms with Gasteiger partial charge in [-0.2, -0.15) is 0 Å². The van der Waals surface area contributed by atoms with Crippen molar-refractivity contribution in [3.63, 3.8) is 0 Å². The lowest BCUT2D eigenvalue weighted by atomic mass is 9.90. The van der Waals surface area contributed by atoms with Crippen LogP contribution in [0.15, 0.2) is 58.8 Å². The zero-order valence-electron chi connectivity index (χ0n) is 17.5. The first-order chi connectivity index (χ1) is 14.8. The lowest BCUT2D eigenvalue weighted by Crippen LogP contribution is -2.40. The van der Waals surface area contributed by atoms with Crippen LogP contribution < -0.4 is 9.47 Å². The normalized spacial score (nSPS) is 16.0. The van der Waals surface area contributed by atoms with E-state index in [1.165, 1.54) is 12.1 Å². The predicted octanol–water partition coefficient (Wildman–Crippen LogP) is 3.96. The topological polar surface area (TPSA) is 72.9 Å². The van der Waals surface area contributed by atoms with Gasteiger partial charge in [0.15, 0.2) is 21.3 Å². The fraction of sp³-hybridized carbons (Fsp3) is 0.261. The SMILES string of the molecule is COc1cc2c(cc1OC)[C@@H](c1cccs1)N(C(=O)c1ccc(S(C)(=O)=O)cc1)CC2. The molecule has 0 aliphatic carbocycles. The van der Waals surface area contributed by atoms with Crippen molar-refractivity contribution in [1.82, 2.24) is 4.90 Å². The molecule has 3 aromatic rings. The molecule has 8 heteroatoms. The number of methoxy groups -OCH3 is 2. The third-order valence-corrected chi connectivity index (χ3v) is 7.53. The molecule has 0 bridgehead atoms. The monoisotopic (exact) mass is 457 g/mol. The van der Waals surface area contributed by atoms with E-state index in [-0.39, 0.29) is 16.8 Å². The van der Waals surface area contributed by atoms with E-state index in [1.807, 2.05) is 34.5 Å². The zero-order chi connectivity index (χ0) is 22.2. The molecule has 31 heavy (non-hydrogen) atoms. The standard InChI is InChI=1S/C23H23NO5S2/c1-28-19-13-16-10-11-24(23(25)15-6-8-17(9-7-15)31(3,26)27)22(21-5-4-12-30-21)18(16)14-20(19)29-2/h4-9,12-14,22H,10-11H2,1-3H3/t22-/m0/s1. The largest absolute Gasteiger partial charge is 0.493 e. The van der Waals surface area contributed by atoms with E-state index in [4.69, 9.17) is 9.47 Å². The summed E-state index contributed by atoms with van der Waals surface area (Å²) in [5, 5.41) is 1.99. The van der Waals surface area contributed by atoms with E-state index in [1.54, 1.807) is 37.7 Å². The van der Waals surface area contributed by atoms with Crippen LogP contribution in [0.4, 0.5) is 0 Å². The van der Waals surface area contributed by atoms with Crippen LogP contribution in [0.2, 0.25) is 0 Å². The van der Waals surface area contributed by atoms with Crippen LogP contribution in [0, 0.1) is 0 Å². The Hall–Kier alpha value is -2.84. The molecule has 1 atom stereocenters. The van der Waals surface area contributed by atoms with Gasteiger partial charge in [-0.1, -0.05) is 6.07 Å². The third kappa shape index (κ3) is 4.05. The molecule has 1 aliphatic heterocycles. The Bertz CT molecular complexity index is 1200. The van der Waals surface area contributed by atoms with Crippen LogP contribution in [0.5, 0.6) is 11.5 Å². The summed E-state index contributed by atoms with van der Waals surface area (Å²) in [5.74, 6) is 1.15. The second kappa shape index (κ2) is 8.36. The van der Waals surface area contributed by atoms with E-state index in [0.29, 0.717) is 30.0 Å². The molecule has 2 aromatic carbocycles. The van der Waals surface area contributed by atoms with Crippen molar-refractivity contribution in [2.75, 3.05) is 27.0 Å². The molecule has 0 saturated carbocycles. The van der Waals surface area contributed by atoms with Gasteiger partial charge in [0.2, 0.25) is 0 Å². The summed E-state index contributed by atoms with van der Waals surface area (Å²) in [5.41, 5.74) is 2.58. The lowest BCUT2D eigenvalue weighted by molar-refractivity contribution is 0.0696. The number of sulfone groups is 1. The molecule has 162 valence electrons. The lowest BCUT2D eigenvalue weighted by Gasteiger charge is -2.37.